The van der Waals surface area contributed by atoms with Crippen molar-refractivity contribution in [3.63, 3.8) is 0 Å². The van der Waals surface area contributed by atoms with E-state index in [1.54, 1.807) is 38.4 Å². The molecule has 0 fully saturated rings. The molecule has 2 aromatic rings. The maximum Gasteiger partial charge on any atom is 0.251 e. The maximum atomic E-state index is 12.2. The molecular formula is C17H21N3O3S. The number of hydrogen-bond donors (Lipinski definition) is 2. The smallest absolute Gasteiger partial charge is 0.251 e. The normalized spacial score (nSPS) is 11.5. The van der Waals surface area contributed by atoms with Crippen LogP contribution in [0.3, 0.4) is 0 Å². The minimum Gasteiger partial charge on any atom is -0.352 e. The summed E-state index contributed by atoms with van der Waals surface area (Å²) in [7, 11) is -3.62. The Morgan fingerprint density at radius 2 is 2.00 bits per heavy atom. The lowest BCUT2D eigenvalue weighted by Crippen LogP contribution is -2.30. The van der Waals surface area contributed by atoms with Crippen molar-refractivity contribution in [2.75, 3.05) is 6.54 Å². The molecule has 0 saturated heterocycles. The lowest BCUT2D eigenvalue weighted by Gasteiger charge is -2.11. The van der Waals surface area contributed by atoms with Gasteiger partial charge in [-0.3, -0.25) is 9.78 Å². The van der Waals surface area contributed by atoms with Gasteiger partial charge in [0.05, 0.1) is 4.90 Å². The van der Waals surface area contributed by atoms with Gasteiger partial charge in [0, 0.05) is 30.5 Å². The molecule has 2 rings (SSSR count). The number of benzene rings is 1. The molecule has 0 aliphatic rings. The van der Waals surface area contributed by atoms with Crippen molar-refractivity contribution in [1.82, 2.24) is 15.0 Å². The van der Waals surface area contributed by atoms with E-state index in [0.717, 1.165) is 5.56 Å². The zero-order valence-corrected chi connectivity index (χ0v) is 14.5. The van der Waals surface area contributed by atoms with Gasteiger partial charge in [-0.05, 0) is 50.1 Å². The quantitative estimate of drug-likeness (QED) is 0.798. The van der Waals surface area contributed by atoms with Crippen molar-refractivity contribution in [2.24, 2.45) is 0 Å². The standard InChI is InChI=1S/C17H21N3O3S/c1-13(2)20-24(22,23)16-7-3-6-15(11-16)17(21)19-10-8-14-5-4-9-18-12-14/h3-7,9,11-13,20H,8,10H2,1-2H3,(H,19,21). The first-order valence-electron chi connectivity index (χ1n) is 7.68. The van der Waals surface area contributed by atoms with Gasteiger partial charge in [-0.25, -0.2) is 13.1 Å². The molecule has 2 N–H and O–H groups in total. The van der Waals surface area contributed by atoms with E-state index in [-0.39, 0.29) is 16.8 Å². The van der Waals surface area contributed by atoms with Crippen LogP contribution in [0.25, 0.3) is 0 Å². The number of carbonyl (C=O) groups excluding carboxylic acids is 1. The van der Waals surface area contributed by atoms with E-state index in [9.17, 15) is 13.2 Å². The number of nitrogens with zero attached hydrogens (tertiary/aromatic N) is 1. The Bertz CT molecular complexity index is 790. The monoisotopic (exact) mass is 347 g/mol. The topological polar surface area (TPSA) is 88.2 Å². The molecule has 24 heavy (non-hydrogen) atoms. The van der Waals surface area contributed by atoms with Crippen LogP contribution in [0.4, 0.5) is 0 Å². The van der Waals surface area contributed by atoms with E-state index in [2.05, 4.69) is 15.0 Å². The van der Waals surface area contributed by atoms with Gasteiger partial charge in [-0.15, -0.1) is 0 Å². The van der Waals surface area contributed by atoms with Crippen LogP contribution in [0.15, 0.2) is 53.7 Å². The number of nitrogens with one attached hydrogen (secondary N) is 2. The van der Waals surface area contributed by atoms with E-state index in [1.807, 2.05) is 12.1 Å². The van der Waals surface area contributed by atoms with Gasteiger partial charge >= 0.3 is 0 Å². The maximum absolute atomic E-state index is 12.2. The zero-order valence-electron chi connectivity index (χ0n) is 13.7. The Balaban J connectivity index is 2.01. The predicted octanol–water partition coefficient (Wildman–Crippen LogP) is 1.74. The van der Waals surface area contributed by atoms with Gasteiger partial charge in [0.2, 0.25) is 10.0 Å². The van der Waals surface area contributed by atoms with Crippen LogP contribution in [0, 0.1) is 0 Å². The number of hydrogen-bond acceptors (Lipinski definition) is 4. The minimum absolute atomic E-state index is 0.0797. The van der Waals surface area contributed by atoms with Gasteiger partial charge in [0.25, 0.3) is 5.91 Å². The van der Waals surface area contributed by atoms with Crippen molar-refractivity contribution < 1.29 is 13.2 Å². The zero-order chi connectivity index (χ0) is 17.6. The summed E-state index contributed by atoms with van der Waals surface area (Å²) >= 11 is 0. The summed E-state index contributed by atoms with van der Waals surface area (Å²) in [5.74, 6) is -0.305. The second-order valence-electron chi connectivity index (χ2n) is 5.67. The van der Waals surface area contributed by atoms with Crippen LogP contribution in [0.2, 0.25) is 0 Å². The second kappa shape index (κ2) is 8.03. The SMILES string of the molecule is CC(C)NS(=O)(=O)c1cccc(C(=O)NCCc2cccnc2)c1. The van der Waals surface area contributed by atoms with Crippen molar-refractivity contribution in [1.29, 1.82) is 0 Å². The fourth-order valence-corrected chi connectivity index (χ4v) is 3.45. The molecule has 0 atom stereocenters. The van der Waals surface area contributed by atoms with Crippen LogP contribution in [-0.2, 0) is 16.4 Å². The van der Waals surface area contributed by atoms with Crippen LogP contribution >= 0.6 is 0 Å². The van der Waals surface area contributed by atoms with Gasteiger partial charge in [-0.2, -0.15) is 0 Å². The minimum atomic E-state index is -3.62. The van der Waals surface area contributed by atoms with Crippen molar-refractivity contribution in [3.8, 4) is 0 Å². The molecule has 0 radical (unpaired) electrons. The predicted molar refractivity (Wildman–Crippen MR) is 92.2 cm³/mol. The number of pyridine rings is 1. The largest absolute Gasteiger partial charge is 0.352 e. The van der Waals surface area contributed by atoms with Crippen LogP contribution < -0.4 is 10.0 Å². The molecule has 0 aliphatic heterocycles. The van der Waals surface area contributed by atoms with Gasteiger partial charge in [-0.1, -0.05) is 12.1 Å². The van der Waals surface area contributed by atoms with Crippen LogP contribution in [0.5, 0.6) is 0 Å². The highest BCUT2D eigenvalue weighted by molar-refractivity contribution is 7.89. The highest BCUT2D eigenvalue weighted by Gasteiger charge is 2.17. The third kappa shape index (κ3) is 5.14. The summed E-state index contributed by atoms with van der Waals surface area (Å²) in [5, 5.41) is 2.78. The third-order valence-electron chi connectivity index (χ3n) is 3.22. The van der Waals surface area contributed by atoms with Crippen LogP contribution in [-0.4, -0.2) is 31.9 Å². The Morgan fingerprint density at radius 3 is 2.67 bits per heavy atom. The van der Waals surface area contributed by atoms with E-state index in [1.165, 1.54) is 12.1 Å². The number of rotatable bonds is 7. The average Bonchev–Trinajstić information content (AvgIpc) is 2.55. The molecule has 6 nitrogen and oxygen atoms in total. The molecule has 0 bridgehead atoms. The summed E-state index contributed by atoms with van der Waals surface area (Å²) in [6.45, 7) is 3.94. The summed E-state index contributed by atoms with van der Waals surface area (Å²) in [5.41, 5.74) is 1.34. The Kier molecular flexibility index (Phi) is 6.05. The van der Waals surface area contributed by atoms with Crippen molar-refractivity contribution >= 4 is 15.9 Å². The van der Waals surface area contributed by atoms with Crippen molar-refractivity contribution in [2.45, 2.75) is 31.2 Å². The molecular weight excluding hydrogens is 326 g/mol. The first-order valence-corrected chi connectivity index (χ1v) is 9.16. The number of sulfonamides is 1. The molecule has 0 aliphatic carbocycles. The second-order valence-corrected chi connectivity index (χ2v) is 7.38. The first-order chi connectivity index (χ1) is 11.4. The van der Waals surface area contributed by atoms with Gasteiger partial charge in [0.1, 0.15) is 0 Å². The summed E-state index contributed by atoms with van der Waals surface area (Å²) in [6, 6.07) is 9.56. The highest BCUT2D eigenvalue weighted by Crippen LogP contribution is 2.12. The molecule has 0 saturated carbocycles. The first kappa shape index (κ1) is 18.1. The van der Waals surface area contributed by atoms with Gasteiger partial charge in [0.15, 0.2) is 0 Å². The summed E-state index contributed by atoms with van der Waals surface area (Å²) in [4.78, 5) is 16.3. The van der Waals surface area contributed by atoms with Crippen molar-refractivity contribution in [3.05, 3.63) is 59.9 Å². The molecule has 1 aromatic heterocycles. The van der Waals surface area contributed by atoms with Gasteiger partial charge < -0.3 is 5.32 Å². The third-order valence-corrected chi connectivity index (χ3v) is 4.88. The Morgan fingerprint density at radius 1 is 1.21 bits per heavy atom. The summed E-state index contributed by atoms with van der Waals surface area (Å²) < 4.78 is 26.8. The number of aromatic nitrogens is 1. The average molecular weight is 347 g/mol. The van der Waals surface area contributed by atoms with E-state index >= 15 is 0 Å². The molecule has 1 heterocycles. The van der Waals surface area contributed by atoms with E-state index in [0.29, 0.717) is 18.5 Å². The Labute approximate surface area is 142 Å². The Hall–Kier alpha value is -2.25. The fourth-order valence-electron chi connectivity index (χ4n) is 2.15. The van der Waals surface area contributed by atoms with E-state index in [4.69, 9.17) is 0 Å². The van der Waals surface area contributed by atoms with E-state index < -0.39 is 10.0 Å². The molecule has 1 aromatic carbocycles. The molecule has 0 unspecified atom stereocenters. The fraction of sp³-hybridized carbons (Fsp3) is 0.294. The summed E-state index contributed by atoms with van der Waals surface area (Å²) in [6.07, 6.45) is 4.10. The lowest BCUT2D eigenvalue weighted by atomic mass is 10.2. The molecule has 1 amide bonds. The molecule has 128 valence electrons. The van der Waals surface area contributed by atoms with Crippen LogP contribution in [0.1, 0.15) is 29.8 Å². The lowest BCUT2D eigenvalue weighted by molar-refractivity contribution is 0.0954. The number of carbonyl (C=O) groups is 1. The number of amides is 1. The molecule has 7 heteroatoms. The highest BCUT2D eigenvalue weighted by atomic mass is 32.2. The molecule has 0 spiro atoms.